The molecule has 0 bridgehead atoms. The van der Waals surface area contributed by atoms with Crippen LogP contribution in [0.2, 0.25) is 0 Å². The number of rotatable bonds is 2. The van der Waals surface area contributed by atoms with Crippen molar-refractivity contribution in [2.45, 2.75) is 13.8 Å². The second-order valence-corrected chi connectivity index (χ2v) is 2.33. The molecule has 0 aliphatic carbocycles. The highest BCUT2D eigenvalue weighted by atomic mass is 16.2. The van der Waals surface area contributed by atoms with Crippen molar-refractivity contribution in [3.8, 4) is 0 Å². The van der Waals surface area contributed by atoms with Gasteiger partial charge in [0.25, 0.3) is 0 Å². The molecule has 0 aromatic heterocycles. The molecule has 0 aliphatic rings. The SMILES string of the molecule is CNC(=O)N/C=C/C(C)C. The van der Waals surface area contributed by atoms with E-state index in [4.69, 9.17) is 0 Å². The summed E-state index contributed by atoms with van der Waals surface area (Å²) in [5, 5.41) is 4.97. The van der Waals surface area contributed by atoms with Crippen molar-refractivity contribution in [1.29, 1.82) is 0 Å². The monoisotopic (exact) mass is 142 g/mol. The molecule has 0 unspecified atom stereocenters. The Hall–Kier alpha value is -0.990. The third-order valence-electron chi connectivity index (χ3n) is 0.923. The van der Waals surface area contributed by atoms with Crippen molar-refractivity contribution in [1.82, 2.24) is 10.6 Å². The number of amides is 2. The van der Waals surface area contributed by atoms with Crippen LogP contribution in [0.15, 0.2) is 12.3 Å². The van der Waals surface area contributed by atoms with Gasteiger partial charge in [0.1, 0.15) is 0 Å². The van der Waals surface area contributed by atoms with Crippen LogP contribution < -0.4 is 10.6 Å². The summed E-state index contributed by atoms with van der Waals surface area (Å²) in [6.45, 7) is 4.09. The van der Waals surface area contributed by atoms with Crippen LogP contribution in [0.5, 0.6) is 0 Å². The maximum Gasteiger partial charge on any atom is 0.318 e. The zero-order valence-corrected chi connectivity index (χ0v) is 6.64. The average Bonchev–Trinajstić information content (AvgIpc) is 1.87. The Morgan fingerprint density at radius 2 is 2.10 bits per heavy atom. The average molecular weight is 142 g/mol. The van der Waals surface area contributed by atoms with Crippen molar-refractivity contribution in [2.24, 2.45) is 5.92 Å². The van der Waals surface area contributed by atoms with E-state index in [2.05, 4.69) is 10.6 Å². The van der Waals surface area contributed by atoms with Crippen molar-refractivity contribution in [2.75, 3.05) is 7.05 Å². The van der Waals surface area contributed by atoms with Crippen LogP contribution in [0.4, 0.5) is 4.79 Å². The minimum atomic E-state index is -0.183. The lowest BCUT2D eigenvalue weighted by molar-refractivity contribution is 0.246. The molecule has 3 heteroatoms. The smallest absolute Gasteiger partial charge is 0.318 e. The Labute approximate surface area is 61.5 Å². The lowest BCUT2D eigenvalue weighted by Gasteiger charge is -1.97. The number of hydrogen-bond donors (Lipinski definition) is 2. The fraction of sp³-hybridized carbons (Fsp3) is 0.571. The van der Waals surface area contributed by atoms with Gasteiger partial charge < -0.3 is 10.6 Å². The van der Waals surface area contributed by atoms with Crippen LogP contribution in [-0.2, 0) is 0 Å². The van der Waals surface area contributed by atoms with Crippen molar-refractivity contribution in [3.05, 3.63) is 12.3 Å². The molecule has 3 nitrogen and oxygen atoms in total. The first kappa shape index (κ1) is 9.01. The first-order valence-electron chi connectivity index (χ1n) is 3.31. The van der Waals surface area contributed by atoms with Crippen LogP contribution in [0.25, 0.3) is 0 Å². The highest BCUT2D eigenvalue weighted by Crippen LogP contribution is 1.90. The van der Waals surface area contributed by atoms with Gasteiger partial charge >= 0.3 is 6.03 Å². The molecule has 0 fully saturated rings. The van der Waals surface area contributed by atoms with Gasteiger partial charge in [-0.05, 0) is 5.92 Å². The number of carbonyl (C=O) groups is 1. The predicted molar refractivity (Wildman–Crippen MR) is 41.6 cm³/mol. The molecule has 0 radical (unpaired) electrons. The van der Waals surface area contributed by atoms with E-state index < -0.39 is 0 Å². The lowest BCUT2D eigenvalue weighted by Crippen LogP contribution is -2.28. The molecular weight excluding hydrogens is 128 g/mol. The number of allylic oxidation sites excluding steroid dienone is 1. The number of carbonyl (C=O) groups excluding carboxylic acids is 1. The maximum atomic E-state index is 10.5. The first-order valence-corrected chi connectivity index (χ1v) is 3.31. The summed E-state index contributed by atoms with van der Waals surface area (Å²) in [5.41, 5.74) is 0. The van der Waals surface area contributed by atoms with Gasteiger partial charge in [-0.3, -0.25) is 0 Å². The summed E-state index contributed by atoms with van der Waals surface area (Å²) in [5.74, 6) is 0.470. The molecule has 0 saturated heterocycles. The van der Waals surface area contributed by atoms with Crippen LogP contribution in [0.1, 0.15) is 13.8 Å². The van der Waals surface area contributed by atoms with Crippen LogP contribution in [-0.4, -0.2) is 13.1 Å². The topological polar surface area (TPSA) is 41.1 Å². The van der Waals surface area contributed by atoms with E-state index >= 15 is 0 Å². The maximum absolute atomic E-state index is 10.5. The molecule has 0 rings (SSSR count). The van der Waals surface area contributed by atoms with Gasteiger partial charge in [0.2, 0.25) is 0 Å². The fourth-order valence-corrected chi connectivity index (χ4v) is 0.388. The van der Waals surface area contributed by atoms with E-state index in [0.717, 1.165) is 0 Å². The van der Waals surface area contributed by atoms with Crippen LogP contribution in [0, 0.1) is 5.92 Å². The number of nitrogens with one attached hydrogen (secondary N) is 2. The van der Waals surface area contributed by atoms with Gasteiger partial charge in [-0.1, -0.05) is 19.9 Å². The summed E-state index contributed by atoms with van der Waals surface area (Å²) in [7, 11) is 1.58. The van der Waals surface area contributed by atoms with E-state index in [1.165, 1.54) is 0 Å². The van der Waals surface area contributed by atoms with Crippen LogP contribution >= 0.6 is 0 Å². The second kappa shape index (κ2) is 4.85. The number of hydrogen-bond acceptors (Lipinski definition) is 1. The molecule has 0 heterocycles. The third kappa shape index (κ3) is 5.15. The molecule has 0 aromatic carbocycles. The largest absolute Gasteiger partial charge is 0.341 e. The van der Waals surface area contributed by atoms with E-state index in [1.54, 1.807) is 13.2 Å². The zero-order valence-electron chi connectivity index (χ0n) is 6.64. The molecular formula is C7H14N2O. The first-order chi connectivity index (χ1) is 4.66. The molecule has 0 atom stereocenters. The van der Waals surface area contributed by atoms with E-state index in [-0.39, 0.29) is 6.03 Å². The van der Waals surface area contributed by atoms with Gasteiger partial charge in [-0.25, -0.2) is 4.79 Å². The predicted octanol–water partition coefficient (Wildman–Crippen LogP) is 1.09. The van der Waals surface area contributed by atoms with Crippen LogP contribution in [0.3, 0.4) is 0 Å². The van der Waals surface area contributed by atoms with Crippen molar-refractivity contribution < 1.29 is 4.79 Å². The standard InChI is InChI=1S/C7H14N2O/c1-6(2)4-5-9-7(10)8-3/h4-6H,1-3H3,(H2,8,9,10)/b5-4+. The Kier molecular flexibility index (Phi) is 4.37. The highest BCUT2D eigenvalue weighted by Gasteiger charge is 1.88. The minimum absolute atomic E-state index is 0.183. The van der Waals surface area contributed by atoms with E-state index in [9.17, 15) is 4.79 Å². The van der Waals surface area contributed by atoms with Gasteiger partial charge in [0, 0.05) is 13.2 Å². The Bertz CT molecular complexity index is 130. The summed E-state index contributed by atoms with van der Waals surface area (Å²) < 4.78 is 0. The zero-order chi connectivity index (χ0) is 7.98. The van der Waals surface area contributed by atoms with E-state index in [1.807, 2.05) is 19.9 Å². The minimum Gasteiger partial charge on any atom is -0.341 e. The van der Waals surface area contributed by atoms with Gasteiger partial charge in [0.15, 0.2) is 0 Å². The molecule has 58 valence electrons. The molecule has 0 aliphatic heterocycles. The normalized spacial score (nSPS) is 10.4. The molecule has 0 aromatic rings. The summed E-state index contributed by atoms with van der Waals surface area (Å²) in [4.78, 5) is 10.5. The summed E-state index contributed by atoms with van der Waals surface area (Å²) in [6.07, 6.45) is 3.55. The quantitative estimate of drug-likeness (QED) is 0.595. The van der Waals surface area contributed by atoms with E-state index in [0.29, 0.717) is 5.92 Å². The molecule has 10 heavy (non-hydrogen) atoms. The lowest BCUT2D eigenvalue weighted by atomic mass is 10.2. The van der Waals surface area contributed by atoms with Crippen molar-refractivity contribution in [3.63, 3.8) is 0 Å². The number of urea groups is 1. The second-order valence-electron chi connectivity index (χ2n) is 2.33. The highest BCUT2D eigenvalue weighted by molar-refractivity contribution is 5.74. The van der Waals surface area contributed by atoms with Gasteiger partial charge in [0.05, 0.1) is 0 Å². The fourth-order valence-electron chi connectivity index (χ4n) is 0.388. The molecule has 0 spiro atoms. The third-order valence-corrected chi connectivity index (χ3v) is 0.923. The molecule has 2 N–H and O–H groups in total. The Balaban J connectivity index is 3.43. The summed E-state index contributed by atoms with van der Waals surface area (Å²) in [6, 6.07) is -0.183. The molecule has 2 amide bonds. The van der Waals surface area contributed by atoms with Gasteiger partial charge in [-0.15, -0.1) is 0 Å². The Morgan fingerprint density at radius 1 is 1.50 bits per heavy atom. The molecule has 0 saturated carbocycles. The summed E-state index contributed by atoms with van der Waals surface area (Å²) >= 11 is 0. The Morgan fingerprint density at radius 3 is 2.50 bits per heavy atom. The van der Waals surface area contributed by atoms with Gasteiger partial charge in [-0.2, -0.15) is 0 Å². The van der Waals surface area contributed by atoms with Crippen molar-refractivity contribution >= 4 is 6.03 Å².